The minimum absolute atomic E-state index is 0.617. The molecule has 12 heavy (non-hydrogen) atoms. The van der Waals surface area contributed by atoms with E-state index in [1.54, 1.807) is 6.07 Å². The summed E-state index contributed by atoms with van der Waals surface area (Å²) in [7, 11) is 0. The van der Waals surface area contributed by atoms with Crippen molar-refractivity contribution in [1.82, 2.24) is 0 Å². The average molecular weight is 356 g/mol. The van der Waals surface area contributed by atoms with E-state index in [9.17, 15) is 0 Å². The zero-order chi connectivity index (χ0) is 9.14. The SMILES string of the molecule is N#Cc1ccc(I)c(Cl)c1CBr. The third-order valence-corrected chi connectivity index (χ3v) is 3.66. The Morgan fingerprint density at radius 1 is 1.58 bits per heavy atom. The molecule has 1 aromatic rings. The van der Waals surface area contributed by atoms with Crippen LogP contribution in [0.5, 0.6) is 0 Å². The molecule has 0 fully saturated rings. The van der Waals surface area contributed by atoms with Gasteiger partial charge in [0, 0.05) is 14.5 Å². The minimum atomic E-state index is 0.617. The van der Waals surface area contributed by atoms with Crippen molar-refractivity contribution in [3.8, 4) is 6.07 Å². The number of benzene rings is 1. The molecular formula is C8H4BrClIN. The van der Waals surface area contributed by atoms with Crippen LogP contribution in [0.25, 0.3) is 0 Å². The Morgan fingerprint density at radius 3 is 2.75 bits per heavy atom. The third kappa shape index (κ3) is 1.93. The van der Waals surface area contributed by atoms with Crippen LogP contribution in [-0.4, -0.2) is 0 Å². The van der Waals surface area contributed by atoms with E-state index in [1.807, 2.05) is 6.07 Å². The molecule has 0 spiro atoms. The molecule has 1 rings (SSSR count). The lowest BCUT2D eigenvalue weighted by Gasteiger charge is -2.03. The highest BCUT2D eigenvalue weighted by Gasteiger charge is 2.08. The van der Waals surface area contributed by atoms with E-state index < -0.39 is 0 Å². The Labute approximate surface area is 98.0 Å². The highest BCUT2D eigenvalue weighted by Crippen LogP contribution is 2.27. The lowest BCUT2D eigenvalue weighted by Crippen LogP contribution is -1.89. The van der Waals surface area contributed by atoms with Crippen molar-refractivity contribution in [3.05, 3.63) is 31.9 Å². The number of rotatable bonds is 1. The smallest absolute Gasteiger partial charge is 0.0995 e. The normalized spacial score (nSPS) is 9.50. The molecule has 1 nitrogen and oxygen atoms in total. The predicted octanol–water partition coefficient (Wildman–Crippen LogP) is 3.71. The van der Waals surface area contributed by atoms with Gasteiger partial charge in [0.15, 0.2) is 0 Å². The first-order valence-electron chi connectivity index (χ1n) is 3.13. The van der Waals surface area contributed by atoms with Crippen molar-refractivity contribution < 1.29 is 0 Å². The molecule has 0 atom stereocenters. The van der Waals surface area contributed by atoms with Crippen molar-refractivity contribution >= 4 is 50.1 Å². The van der Waals surface area contributed by atoms with E-state index in [1.165, 1.54) is 0 Å². The molecular weight excluding hydrogens is 352 g/mol. The van der Waals surface area contributed by atoms with Gasteiger partial charge in [0.2, 0.25) is 0 Å². The quantitative estimate of drug-likeness (QED) is 0.556. The van der Waals surface area contributed by atoms with Crippen LogP contribution < -0.4 is 0 Å². The van der Waals surface area contributed by atoms with E-state index in [0.29, 0.717) is 15.9 Å². The number of hydrogen-bond acceptors (Lipinski definition) is 1. The first kappa shape index (κ1) is 10.3. The van der Waals surface area contributed by atoms with E-state index in [2.05, 4.69) is 44.6 Å². The molecule has 0 saturated carbocycles. The second-order valence-corrected chi connectivity index (χ2v) is 4.23. The van der Waals surface area contributed by atoms with E-state index >= 15 is 0 Å². The van der Waals surface area contributed by atoms with Crippen LogP contribution in [0.2, 0.25) is 5.02 Å². The monoisotopic (exact) mass is 355 g/mol. The van der Waals surface area contributed by atoms with Crippen LogP contribution in [0, 0.1) is 14.9 Å². The highest BCUT2D eigenvalue weighted by atomic mass is 127. The lowest BCUT2D eigenvalue weighted by molar-refractivity contribution is 1.36. The highest BCUT2D eigenvalue weighted by molar-refractivity contribution is 14.1. The molecule has 0 amide bonds. The molecule has 0 N–H and O–H groups in total. The van der Waals surface area contributed by atoms with Crippen LogP contribution in [-0.2, 0) is 5.33 Å². The summed E-state index contributed by atoms with van der Waals surface area (Å²) < 4.78 is 0.975. The molecule has 1 aromatic carbocycles. The third-order valence-electron chi connectivity index (χ3n) is 1.45. The Morgan fingerprint density at radius 2 is 2.25 bits per heavy atom. The Balaban J connectivity index is 3.38. The van der Waals surface area contributed by atoms with Gasteiger partial charge in [-0.3, -0.25) is 0 Å². The van der Waals surface area contributed by atoms with Crippen LogP contribution in [0.3, 0.4) is 0 Å². The topological polar surface area (TPSA) is 23.8 Å². The van der Waals surface area contributed by atoms with E-state index in [4.69, 9.17) is 16.9 Å². The van der Waals surface area contributed by atoms with Gasteiger partial charge < -0.3 is 0 Å². The summed E-state index contributed by atoms with van der Waals surface area (Å²) in [6.07, 6.45) is 0. The first-order valence-corrected chi connectivity index (χ1v) is 5.71. The number of alkyl halides is 1. The van der Waals surface area contributed by atoms with E-state index in [0.717, 1.165) is 9.13 Å². The fourth-order valence-electron chi connectivity index (χ4n) is 0.828. The molecule has 62 valence electrons. The molecule has 0 radical (unpaired) electrons. The average Bonchev–Trinajstić information content (AvgIpc) is 2.09. The standard InChI is InChI=1S/C8H4BrClIN/c9-3-6-5(4-12)1-2-7(11)8(6)10/h1-2H,3H2. The number of nitriles is 1. The summed E-state index contributed by atoms with van der Waals surface area (Å²) in [6.45, 7) is 0. The van der Waals surface area contributed by atoms with Crippen molar-refractivity contribution in [3.63, 3.8) is 0 Å². The predicted molar refractivity (Wildman–Crippen MR) is 61.5 cm³/mol. The van der Waals surface area contributed by atoms with Crippen molar-refractivity contribution in [2.45, 2.75) is 5.33 Å². The molecule has 0 aliphatic heterocycles. The molecule has 0 bridgehead atoms. The molecule has 0 aliphatic rings. The number of halogens is 3. The Kier molecular flexibility index (Phi) is 3.81. The van der Waals surface area contributed by atoms with Crippen molar-refractivity contribution in [2.75, 3.05) is 0 Å². The maximum atomic E-state index is 8.73. The van der Waals surface area contributed by atoms with Crippen LogP contribution in [0.15, 0.2) is 12.1 Å². The van der Waals surface area contributed by atoms with Crippen LogP contribution in [0.4, 0.5) is 0 Å². The number of nitrogens with zero attached hydrogens (tertiary/aromatic N) is 1. The second kappa shape index (κ2) is 4.45. The summed E-state index contributed by atoms with van der Waals surface area (Å²) >= 11 is 11.4. The maximum Gasteiger partial charge on any atom is 0.0995 e. The van der Waals surface area contributed by atoms with Gasteiger partial charge in [-0.2, -0.15) is 5.26 Å². The summed E-state index contributed by atoms with van der Waals surface area (Å²) in [5.74, 6) is 0. The lowest BCUT2D eigenvalue weighted by atomic mass is 10.1. The van der Waals surface area contributed by atoms with Crippen LogP contribution >= 0.6 is 50.1 Å². The fraction of sp³-hybridized carbons (Fsp3) is 0.125. The molecule has 0 heterocycles. The van der Waals surface area contributed by atoms with Gasteiger partial charge in [0.1, 0.15) is 0 Å². The summed E-state index contributed by atoms with van der Waals surface area (Å²) in [5.41, 5.74) is 1.50. The van der Waals surface area contributed by atoms with Gasteiger partial charge in [0.05, 0.1) is 16.7 Å². The molecule has 0 aliphatic carbocycles. The van der Waals surface area contributed by atoms with Gasteiger partial charge in [-0.25, -0.2) is 0 Å². The number of hydrogen-bond donors (Lipinski definition) is 0. The van der Waals surface area contributed by atoms with Gasteiger partial charge in [-0.15, -0.1) is 0 Å². The van der Waals surface area contributed by atoms with Gasteiger partial charge >= 0.3 is 0 Å². The van der Waals surface area contributed by atoms with E-state index in [-0.39, 0.29) is 0 Å². The summed E-state index contributed by atoms with van der Waals surface area (Å²) in [4.78, 5) is 0. The minimum Gasteiger partial charge on any atom is -0.192 e. The molecule has 0 unspecified atom stereocenters. The van der Waals surface area contributed by atoms with Crippen molar-refractivity contribution in [1.29, 1.82) is 5.26 Å². The Bertz CT molecular complexity index is 346. The van der Waals surface area contributed by atoms with Gasteiger partial charge in [0.25, 0.3) is 0 Å². The zero-order valence-corrected chi connectivity index (χ0v) is 10.4. The largest absolute Gasteiger partial charge is 0.192 e. The summed E-state index contributed by atoms with van der Waals surface area (Å²) in [6, 6.07) is 5.72. The Hall–Kier alpha value is 0.210. The van der Waals surface area contributed by atoms with Crippen molar-refractivity contribution in [2.24, 2.45) is 0 Å². The zero-order valence-electron chi connectivity index (χ0n) is 5.94. The van der Waals surface area contributed by atoms with Gasteiger partial charge in [-0.05, 0) is 34.7 Å². The molecule has 4 heteroatoms. The van der Waals surface area contributed by atoms with Crippen LogP contribution in [0.1, 0.15) is 11.1 Å². The maximum absolute atomic E-state index is 8.73. The second-order valence-electron chi connectivity index (χ2n) is 2.13. The molecule has 0 aromatic heterocycles. The summed E-state index contributed by atoms with van der Waals surface area (Å²) in [5, 5.41) is 10.0. The fourth-order valence-corrected chi connectivity index (χ4v) is 2.31. The first-order chi connectivity index (χ1) is 5.70. The molecule has 0 saturated heterocycles. The van der Waals surface area contributed by atoms with Gasteiger partial charge in [-0.1, -0.05) is 27.5 Å².